The Kier molecular flexibility index (Phi) is 5.35. The minimum atomic E-state index is -1.03. The molecule has 0 saturated heterocycles. The first kappa shape index (κ1) is 15.0. The van der Waals surface area contributed by atoms with E-state index in [9.17, 15) is 9.59 Å². The molecular formula is C12H20N4O3. The molecule has 7 nitrogen and oxygen atoms in total. The van der Waals surface area contributed by atoms with E-state index in [-0.39, 0.29) is 0 Å². The van der Waals surface area contributed by atoms with Gasteiger partial charge in [0.05, 0.1) is 11.4 Å². The molecule has 0 radical (unpaired) electrons. The van der Waals surface area contributed by atoms with Crippen LogP contribution in [0.15, 0.2) is 6.20 Å². The predicted molar refractivity (Wildman–Crippen MR) is 71.1 cm³/mol. The van der Waals surface area contributed by atoms with Crippen molar-refractivity contribution < 1.29 is 14.7 Å². The number of carbonyl (C=O) groups is 2. The Bertz CT molecular complexity index is 456. The third-order valence-corrected chi connectivity index (χ3v) is 2.67. The first-order chi connectivity index (χ1) is 8.97. The van der Waals surface area contributed by atoms with E-state index in [2.05, 4.69) is 15.7 Å². The number of amides is 2. The van der Waals surface area contributed by atoms with Gasteiger partial charge in [0.2, 0.25) is 0 Å². The molecule has 0 aliphatic heterocycles. The quantitative estimate of drug-likeness (QED) is 0.725. The van der Waals surface area contributed by atoms with Gasteiger partial charge in [0.15, 0.2) is 0 Å². The molecule has 1 aromatic rings. The summed E-state index contributed by atoms with van der Waals surface area (Å²) in [4.78, 5) is 22.7. The summed E-state index contributed by atoms with van der Waals surface area (Å²) < 4.78 is 1.61. The SMILES string of the molecule is CCC[C@@H](NC(=O)Nc1cn(C)nc1CC)C(=O)O. The van der Waals surface area contributed by atoms with E-state index in [0.29, 0.717) is 24.9 Å². The second-order valence-electron chi connectivity index (χ2n) is 4.29. The second-order valence-corrected chi connectivity index (χ2v) is 4.29. The molecule has 2 amide bonds. The molecule has 1 aromatic heterocycles. The van der Waals surface area contributed by atoms with E-state index >= 15 is 0 Å². The number of carbonyl (C=O) groups excluding carboxylic acids is 1. The molecule has 0 fully saturated rings. The number of hydrogen-bond acceptors (Lipinski definition) is 3. The van der Waals surface area contributed by atoms with Crippen molar-refractivity contribution in [3.8, 4) is 0 Å². The molecule has 0 aliphatic carbocycles. The molecule has 106 valence electrons. The lowest BCUT2D eigenvalue weighted by Gasteiger charge is -2.14. The van der Waals surface area contributed by atoms with Crippen LogP contribution in [0.1, 0.15) is 32.4 Å². The maximum Gasteiger partial charge on any atom is 0.326 e. The molecule has 1 heterocycles. The summed E-state index contributed by atoms with van der Waals surface area (Å²) in [5.41, 5.74) is 1.36. The molecule has 0 spiro atoms. The van der Waals surface area contributed by atoms with E-state index in [4.69, 9.17) is 5.11 Å². The number of anilines is 1. The number of hydrogen-bond donors (Lipinski definition) is 3. The Morgan fingerprint density at radius 3 is 2.68 bits per heavy atom. The maximum atomic E-state index is 11.8. The summed E-state index contributed by atoms with van der Waals surface area (Å²) in [6.45, 7) is 3.80. The lowest BCUT2D eigenvalue weighted by Crippen LogP contribution is -2.42. The van der Waals surface area contributed by atoms with Crippen molar-refractivity contribution in [3.05, 3.63) is 11.9 Å². The molecule has 3 N–H and O–H groups in total. The minimum absolute atomic E-state index is 0.399. The van der Waals surface area contributed by atoms with Crippen LogP contribution in [0.3, 0.4) is 0 Å². The van der Waals surface area contributed by atoms with Crippen LogP contribution in [-0.4, -0.2) is 32.9 Å². The van der Waals surface area contributed by atoms with Gasteiger partial charge in [0, 0.05) is 13.2 Å². The molecule has 0 aliphatic rings. The average molecular weight is 268 g/mol. The summed E-state index contributed by atoms with van der Waals surface area (Å²) >= 11 is 0. The van der Waals surface area contributed by atoms with Gasteiger partial charge in [0.25, 0.3) is 0 Å². The fourth-order valence-corrected chi connectivity index (χ4v) is 1.76. The third kappa shape index (κ3) is 4.27. The second kappa shape index (κ2) is 6.77. The zero-order valence-corrected chi connectivity index (χ0v) is 11.4. The van der Waals surface area contributed by atoms with Crippen LogP contribution in [-0.2, 0) is 18.3 Å². The number of carboxylic acids is 1. The molecule has 1 atom stereocenters. The molecular weight excluding hydrogens is 248 g/mol. The topological polar surface area (TPSA) is 96.3 Å². The van der Waals surface area contributed by atoms with Crippen molar-refractivity contribution in [1.82, 2.24) is 15.1 Å². The van der Waals surface area contributed by atoms with E-state index in [1.807, 2.05) is 13.8 Å². The smallest absolute Gasteiger partial charge is 0.326 e. The lowest BCUT2D eigenvalue weighted by atomic mass is 10.2. The Labute approximate surface area is 112 Å². The van der Waals surface area contributed by atoms with Crippen molar-refractivity contribution in [1.29, 1.82) is 0 Å². The molecule has 19 heavy (non-hydrogen) atoms. The van der Waals surface area contributed by atoms with E-state index in [1.165, 1.54) is 0 Å². The van der Waals surface area contributed by atoms with Crippen LogP contribution in [0.25, 0.3) is 0 Å². The van der Waals surface area contributed by atoms with Crippen LogP contribution in [0.5, 0.6) is 0 Å². The average Bonchev–Trinajstić information content (AvgIpc) is 2.68. The Hall–Kier alpha value is -2.05. The third-order valence-electron chi connectivity index (χ3n) is 2.67. The number of aromatic nitrogens is 2. The predicted octanol–water partition coefficient (Wildman–Crippen LogP) is 1.36. The van der Waals surface area contributed by atoms with Gasteiger partial charge in [0.1, 0.15) is 6.04 Å². The molecule has 0 aromatic carbocycles. The molecule has 0 unspecified atom stereocenters. The normalized spacial score (nSPS) is 11.9. The van der Waals surface area contributed by atoms with Gasteiger partial charge in [-0.3, -0.25) is 4.68 Å². The number of carboxylic acid groups (broad SMARTS) is 1. The van der Waals surface area contributed by atoms with Gasteiger partial charge >= 0.3 is 12.0 Å². The van der Waals surface area contributed by atoms with E-state index < -0.39 is 18.0 Å². The first-order valence-corrected chi connectivity index (χ1v) is 6.30. The summed E-state index contributed by atoms with van der Waals surface area (Å²) in [6, 6.07) is -1.39. The molecule has 7 heteroatoms. The van der Waals surface area contributed by atoms with Gasteiger partial charge in [-0.2, -0.15) is 5.10 Å². The zero-order valence-electron chi connectivity index (χ0n) is 11.4. The highest BCUT2D eigenvalue weighted by Gasteiger charge is 2.19. The minimum Gasteiger partial charge on any atom is -0.480 e. The van der Waals surface area contributed by atoms with Crippen molar-refractivity contribution in [2.24, 2.45) is 7.05 Å². The number of aryl methyl sites for hydroxylation is 2. The Balaban J connectivity index is 2.65. The van der Waals surface area contributed by atoms with Crippen LogP contribution in [0.2, 0.25) is 0 Å². The summed E-state index contributed by atoms with van der Waals surface area (Å²) in [7, 11) is 1.76. The van der Waals surface area contributed by atoms with Gasteiger partial charge in [-0.1, -0.05) is 20.3 Å². The van der Waals surface area contributed by atoms with E-state index in [1.54, 1.807) is 17.9 Å². The largest absolute Gasteiger partial charge is 0.480 e. The number of aliphatic carboxylic acids is 1. The molecule has 0 bridgehead atoms. The summed E-state index contributed by atoms with van der Waals surface area (Å²) in [6.07, 6.45) is 3.46. The van der Waals surface area contributed by atoms with Crippen molar-refractivity contribution in [2.45, 2.75) is 39.2 Å². The molecule has 0 saturated carbocycles. The summed E-state index contributed by atoms with van der Waals surface area (Å²) in [5.74, 6) is -1.03. The fourth-order valence-electron chi connectivity index (χ4n) is 1.76. The van der Waals surface area contributed by atoms with Crippen LogP contribution in [0.4, 0.5) is 10.5 Å². The highest BCUT2D eigenvalue weighted by atomic mass is 16.4. The lowest BCUT2D eigenvalue weighted by molar-refractivity contribution is -0.139. The van der Waals surface area contributed by atoms with Gasteiger partial charge in [-0.05, 0) is 12.8 Å². The van der Waals surface area contributed by atoms with Crippen molar-refractivity contribution in [3.63, 3.8) is 0 Å². The van der Waals surface area contributed by atoms with Crippen LogP contribution >= 0.6 is 0 Å². The van der Waals surface area contributed by atoms with E-state index in [0.717, 1.165) is 5.69 Å². The highest BCUT2D eigenvalue weighted by molar-refractivity contribution is 5.92. The maximum absolute atomic E-state index is 11.8. The number of nitrogens with zero attached hydrogens (tertiary/aromatic N) is 2. The van der Waals surface area contributed by atoms with Crippen molar-refractivity contribution in [2.75, 3.05) is 5.32 Å². The zero-order chi connectivity index (χ0) is 14.4. The monoisotopic (exact) mass is 268 g/mol. The Morgan fingerprint density at radius 2 is 2.16 bits per heavy atom. The fraction of sp³-hybridized carbons (Fsp3) is 0.583. The van der Waals surface area contributed by atoms with Crippen LogP contribution < -0.4 is 10.6 Å². The number of urea groups is 1. The first-order valence-electron chi connectivity index (χ1n) is 6.30. The van der Waals surface area contributed by atoms with Crippen molar-refractivity contribution >= 4 is 17.7 Å². The van der Waals surface area contributed by atoms with Gasteiger partial charge in [-0.15, -0.1) is 0 Å². The van der Waals surface area contributed by atoms with Crippen LogP contribution in [0, 0.1) is 0 Å². The highest BCUT2D eigenvalue weighted by Crippen LogP contribution is 2.13. The van der Waals surface area contributed by atoms with Gasteiger partial charge in [-0.25, -0.2) is 9.59 Å². The standard InChI is InChI=1S/C12H20N4O3/c1-4-6-9(11(17)18)13-12(19)14-10-7-16(3)15-8(10)5-2/h7,9H,4-6H2,1-3H3,(H,17,18)(H2,13,14,19)/t9-/m1/s1. The number of nitrogens with one attached hydrogen (secondary N) is 2. The Morgan fingerprint density at radius 1 is 1.47 bits per heavy atom. The molecule has 1 rings (SSSR count). The number of rotatable bonds is 6. The summed E-state index contributed by atoms with van der Waals surface area (Å²) in [5, 5.41) is 18.2. The van der Waals surface area contributed by atoms with Gasteiger partial charge < -0.3 is 15.7 Å².